The maximum atomic E-state index is 3.44. The van der Waals surface area contributed by atoms with E-state index in [1.54, 1.807) is 0 Å². The maximum absolute atomic E-state index is 3.44. The van der Waals surface area contributed by atoms with Gasteiger partial charge in [0, 0.05) is 5.33 Å². The quantitative estimate of drug-likeness (QED) is 0.560. The van der Waals surface area contributed by atoms with Crippen molar-refractivity contribution in [1.29, 1.82) is 0 Å². The summed E-state index contributed by atoms with van der Waals surface area (Å²) in [6, 6.07) is 8.86. The van der Waals surface area contributed by atoms with Gasteiger partial charge in [-0.3, -0.25) is 0 Å². The molecule has 0 spiro atoms. The minimum absolute atomic E-state index is 0.198. The third kappa shape index (κ3) is 3.25. The summed E-state index contributed by atoms with van der Waals surface area (Å²) in [5, 5.41) is 0.959. The Kier molecular flexibility index (Phi) is 4.25. The molecule has 1 aromatic carbocycles. The Hall–Kier alpha value is 0.130. The molecule has 0 nitrogen and oxygen atoms in total. The zero-order valence-corrected chi connectivity index (χ0v) is 10.0. The van der Waals surface area contributed by atoms with Gasteiger partial charge in [-0.15, -0.1) is 7.92 Å². The molecule has 0 saturated carbocycles. The average Bonchev–Trinajstić information content (AvgIpc) is 2.05. The molecule has 0 N–H and O–H groups in total. The molecule has 1 rings (SSSR count). The summed E-state index contributed by atoms with van der Waals surface area (Å²) in [4.78, 5) is 0. The molecule has 12 heavy (non-hydrogen) atoms. The number of hydrogen-bond donors (Lipinski definition) is 0. The van der Waals surface area contributed by atoms with Crippen LogP contribution in [0.3, 0.4) is 0 Å². The second-order valence-corrected chi connectivity index (χ2v) is 6.22. The Bertz CT molecular complexity index is 228. The predicted molar refractivity (Wildman–Crippen MR) is 61.5 cm³/mol. The molecule has 0 unspecified atom stereocenters. The van der Waals surface area contributed by atoms with Gasteiger partial charge in [-0.05, 0) is 30.6 Å². The van der Waals surface area contributed by atoms with E-state index in [9.17, 15) is 0 Å². The van der Waals surface area contributed by atoms with Crippen molar-refractivity contribution in [1.82, 2.24) is 0 Å². The van der Waals surface area contributed by atoms with E-state index in [2.05, 4.69) is 53.5 Å². The fourth-order valence-corrected chi connectivity index (χ4v) is 2.41. The number of alkyl halides is 1. The molecule has 0 aliphatic carbocycles. The van der Waals surface area contributed by atoms with Gasteiger partial charge in [0.2, 0.25) is 0 Å². The van der Waals surface area contributed by atoms with Crippen molar-refractivity contribution in [2.75, 3.05) is 13.3 Å². The zero-order chi connectivity index (χ0) is 8.97. The highest BCUT2D eigenvalue weighted by molar-refractivity contribution is 9.08. The normalized spacial score (nSPS) is 10.7. The second kappa shape index (κ2) is 4.99. The molecular formula is C10H14BrP. The molecule has 0 aliphatic heterocycles. The van der Waals surface area contributed by atoms with Crippen molar-refractivity contribution in [3.05, 3.63) is 35.4 Å². The molecular weight excluding hydrogens is 231 g/mol. The molecule has 0 bridgehead atoms. The van der Waals surface area contributed by atoms with Gasteiger partial charge in [-0.25, -0.2) is 0 Å². The second-order valence-electron chi connectivity index (χ2n) is 3.19. The first-order valence-corrected chi connectivity index (χ1v) is 7.55. The van der Waals surface area contributed by atoms with Crippen LogP contribution in [0.25, 0.3) is 0 Å². The summed E-state index contributed by atoms with van der Waals surface area (Å²) in [5.74, 6) is 0. The van der Waals surface area contributed by atoms with Gasteiger partial charge in [0.15, 0.2) is 0 Å². The zero-order valence-electron chi connectivity index (χ0n) is 7.55. The molecule has 0 amide bonds. The number of hydrogen-bond acceptors (Lipinski definition) is 0. The van der Waals surface area contributed by atoms with E-state index in [0.29, 0.717) is 0 Å². The van der Waals surface area contributed by atoms with Gasteiger partial charge in [0.1, 0.15) is 0 Å². The van der Waals surface area contributed by atoms with E-state index in [-0.39, 0.29) is 7.92 Å². The highest BCUT2D eigenvalue weighted by Crippen LogP contribution is 2.30. The molecule has 0 aromatic heterocycles. The van der Waals surface area contributed by atoms with Crippen LogP contribution < -0.4 is 0 Å². The van der Waals surface area contributed by atoms with Crippen molar-refractivity contribution < 1.29 is 0 Å². The van der Waals surface area contributed by atoms with E-state index >= 15 is 0 Å². The Labute approximate surface area is 84.3 Å². The molecule has 0 saturated heterocycles. The summed E-state index contributed by atoms with van der Waals surface area (Å²) in [6.07, 6.45) is 1.25. The van der Waals surface area contributed by atoms with Crippen LogP contribution in [0, 0.1) is 0 Å². The number of benzene rings is 1. The van der Waals surface area contributed by atoms with Crippen LogP contribution in [0.15, 0.2) is 24.3 Å². The van der Waals surface area contributed by atoms with E-state index in [4.69, 9.17) is 0 Å². The van der Waals surface area contributed by atoms with Crippen molar-refractivity contribution in [2.45, 2.75) is 11.5 Å². The topological polar surface area (TPSA) is 0 Å². The Morgan fingerprint density at radius 1 is 1.08 bits per heavy atom. The van der Waals surface area contributed by atoms with Crippen LogP contribution in [-0.2, 0) is 11.5 Å². The summed E-state index contributed by atoms with van der Waals surface area (Å²) in [5.41, 5.74) is 2.83. The molecule has 1 aromatic rings. The van der Waals surface area contributed by atoms with Crippen LogP contribution >= 0.6 is 23.9 Å². The van der Waals surface area contributed by atoms with E-state index in [1.807, 2.05) is 0 Å². The minimum atomic E-state index is 0.198. The van der Waals surface area contributed by atoms with Crippen molar-refractivity contribution in [3.8, 4) is 0 Å². The third-order valence-electron chi connectivity index (χ3n) is 1.68. The largest absolute Gasteiger partial charge is 0.109 e. The molecule has 0 heterocycles. The Morgan fingerprint density at radius 3 is 2.00 bits per heavy atom. The van der Waals surface area contributed by atoms with Crippen LogP contribution in [0.5, 0.6) is 0 Å². The van der Waals surface area contributed by atoms with E-state index < -0.39 is 0 Å². The van der Waals surface area contributed by atoms with Crippen molar-refractivity contribution in [2.24, 2.45) is 0 Å². The summed E-state index contributed by atoms with van der Waals surface area (Å²) < 4.78 is 0. The number of rotatable bonds is 3. The molecule has 66 valence electrons. The Morgan fingerprint density at radius 2 is 1.58 bits per heavy atom. The lowest BCUT2D eigenvalue weighted by Crippen LogP contribution is -1.83. The first-order valence-electron chi connectivity index (χ1n) is 4.01. The van der Waals surface area contributed by atoms with Gasteiger partial charge in [-0.2, -0.15) is 0 Å². The summed E-state index contributed by atoms with van der Waals surface area (Å²) in [6.45, 7) is 4.63. The van der Waals surface area contributed by atoms with Crippen LogP contribution in [0.4, 0.5) is 0 Å². The predicted octanol–water partition coefficient (Wildman–Crippen LogP) is 3.82. The smallest absolute Gasteiger partial charge is 0.0283 e. The minimum Gasteiger partial charge on any atom is -0.109 e. The fourth-order valence-electron chi connectivity index (χ4n) is 1.10. The van der Waals surface area contributed by atoms with Gasteiger partial charge in [-0.1, -0.05) is 40.2 Å². The van der Waals surface area contributed by atoms with Crippen LogP contribution in [-0.4, -0.2) is 13.3 Å². The monoisotopic (exact) mass is 244 g/mol. The lowest BCUT2D eigenvalue weighted by Gasteiger charge is -2.05. The first kappa shape index (κ1) is 10.2. The highest BCUT2D eigenvalue weighted by atomic mass is 79.9. The molecule has 0 aliphatic rings. The van der Waals surface area contributed by atoms with Crippen LogP contribution in [0.2, 0.25) is 0 Å². The summed E-state index contributed by atoms with van der Waals surface area (Å²) in [7, 11) is 0.198. The van der Waals surface area contributed by atoms with Gasteiger partial charge < -0.3 is 0 Å². The first-order chi connectivity index (χ1) is 5.72. The van der Waals surface area contributed by atoms with Gasteiger partial charge in [0.05, 0.1) is 0 Å². The Balaban J connectivity index is 2.65. The van der Waals surface area contributed by atoms with Crippen LogP contribution in [0.1, 0.15) is 11.1 Å². The molecule has 0 atom stereocenters. The van der Waals surface area contributed by atoms with E-state index in [1.165, 1.54) is 17.3 Å². The SMILES string of the molecule is CP(C)Cc1ccc(CBr)cc1. The lowest BCUT2D eigenvalue weighted by atomic mass is 10.2. The van der Waals surface area contributed by atoms with Crippen molar-refractivity contribution >= 4 is 23.9 Å². The number of halogens is 1. The molecule has 2 heteroatoms. The van der Waals surface area contributed by atoms with Crippen molar-refractivity contribution in [3.63, 3.8) is 0 Å². The maximum Gasteiger partial charge on any atom is 0.0283 e. The van der Waals surface area contributed by atoms with Gasteiger partial charge >= 0.3 is 0 Å². The molecule has 0 fully saturated rings. The molecule has 0 radical (unpaired) electrons. The fraction of sp³-hybridized carbons (Fsp3) is 0.400. The summed E-state index contributed by atoms with van der Waals surface area (Å²) >= 11 is 3.44. The third-order valence-corrected chi connectivity index (χ3v) is 3.32. The lowest BCUT2D eigenvalue weighted by molar-refractivity contribution is 1.34. The van der Waals surface area contributed by atoms with E-state index in [0.717, 1.165) is 5.33 Å². The van der Waals surface area contributed by atoms with Gasteiger partial charge in [0.25, 0.3) is 0 Å². The average molecular weight is 245 g/mol. The highest BCUT2D eigenvalue weighted by Gasteiger charge is 1.96. The standard InChI is InChI=1S/C10H14BrP/c1-12(2)8-10-5-3-9(7-11)4-6-10/h3-6H,7-8H2,1-2H3.